The maximum absolute atomic E-state index is 13.4. The third-order valence-electron chi connectivity index (χ3n) is 2.95. The van der Waals surface area contributed by atoms with Crippen molar-refractivity contribution in [3.05, 3.63) is 59.4 Å². The van der Waals surface area contributed by atoms with Crippen molar-refractivity contribution in [1.82, 2.24) is 5.16 Å². The summed E-state index contributed by atoms with van der Waals surface area (Å²) in [6.45, 7) is 0. The second kappa shape index (κ2) is 4.98. The molecule has 2 N–H and O–H groups in total. The highest BCUT2D eigenvalue weighted by Crippen LogP contribution is 2.36. The van der Waals surface area contributed by atoms with E-state index in [9.17, 15) is 4.39 Å². The van der Waals surface area contributed by atoms with Gasteiger partial charge in [-0.25, -0.2) is 4.39 Å². The Labute approximate surface area is 119 Å². The Kier molecular flexibility index (Phi) is 3.16. The van der Waals surface area contributed by atoms with Gasteiger partial charge in [0.05, 0.1) is 5.56 Å². The van der Waals surface area contributed by atoms with Crippen LogP contribution < -0.4 is 5.73 Å². The van der Waals surface area contributed by atoms with Gasteiger partial charge in [-0.3, -0.25) is 0 Å². The zero-order valence-corrected chi connectivity index (χ0v) is 11.1. The number of nitrogen functional groups attached to an aromatic ring is 1. The number of hydrogen-bond acceptors (Lipinski definition) is 3. The molecule has 0 atom stereocenters. The molecule has 20 heavy (non-hydrogen) atoms. The second-order valence-corrected chi connectivity index (χ2v) is 4.72. The van der Waals surface area contributed by atoms with Gasteiger partial charge < -0.3 is 10.3 Å². The fraction of sp³-hybridized carbons (Fsp3) is 0. The molecule has 0 unspecified atom stereocenters. The standard InChI is InChI=1S/C15H10ClFN2O/c16-11-6-4-9(5-7-11)14-13(15(18)20-19-14)10-2-1-3-12(17)8-10/h1-8H,18H2. The number of nitrogens with two attached hydrogens (primary N) is 1. The molecule has 0 aliphatic rings. The summed E-state index contributed by atoms with van der Waals surface area (Å²) in [5.74, 6) is -0.189. The molecule has 1 heterocycles. The van der Waals surface area contributed by atoms with E-state index in [0.717, 1.165) is 5.56 Å². The Morgan fingerprint density at radius 1 is 1.05 bits per heavy atom. The minimum Gasteiger partial charge on any atom is -0.367 e. The summed E-state index contributed by atoms with van der Waals surface area (Å²) in [5.41, 5.74) is 8.37. The van der Waals surface area contributed by atoms with Crippen LogP contribution in [-0.4, -0.2) is 5.16 Å². The lowest BCUT2D eigenvalue weighted by Crippen LogP contribution is -1.88. The third kappa shape index (κ3) is 2.26. The number of aromatic nitrogens is 1. The summed E-state index contributed by atoms with van der Waals surface area (Å²) < 4.78 is 18.4. The van der Waals surface area contributed by atoms with Gasteiger partial charge in [0.1, 0.15) is 11.5 Å². The first-order valence-electron chi connectivity index (χ1n) is 5.92. The number of rotatable bonds is 2. The predicted octanol–water partition coefficient (Wildman–Crippen LogP) is 4.38. The normalized spacial score (nSPS) is 10.7. The summed E-state index contributed by atoms with van der Waals surface area (Å²) in [6, 6.07) is 13.2. The van der Waals surface area contributed by atoms with Crippen LogP contribution in [0, 0.1) is 5.82 Å². The lowest BCUT2D eigenvalue weighted by atomic mass is 10.0. The van der Waals surface area contributed by atoms with Gasteiger partial charge in [-0.1, -0.05) is 41.0 Å². The van der Waals surface area contributed by atoms with Crippen molar-refractivity contribution in [1.29, 1.82) is 0 Å². The van der Waals surface area contributed by atoms with E-state index in [1.807, 2.05) is 12.1 Å². The van der Waals surface area contributed by atoms with Crippen molar-refractivity contribution < 1.29 is 8.91 Å². The van der Waals surface area contributed by atoms with Crippen LogP contribution in [0.3, 0.4) is 0 Å². The molecule has 0 saturated heterocycles. The van der Waals surface area contributed by atoms with E-state index in [1.165, 1.54) is 12.1 Å². The zero-order chi connectivity index (χ0) is 14.1. The van der Waals surface area contributed by atoms with Gasteiger partial charge in [0, 0.05) is 10.6 Å². The van der Waals surface area contributed by atoms with Crippen LogP contribution in [0.1, 0.15) is 0 Å². The molecular weight excluding hydrogens is 279 g/mol. The van der Waals surface area contributed by atoms with E-state index in [1.54, 1.807) is 24.3 Å². The molecule has 0 fully saturated rings. The average Bonchev–Trinajstić information content (AvgIpc) is 2.81. The molecular formula is C15H10ClFN2O. The minimum absolute atomic E-state index is 0.153. The van der Waals surface area contributed by atoms with E-state index < -0.39 is 0 Å². The summed E-state index contributed by atoms with van der Waals surface area (Å²) in [6.07, 6.45) is 0. The smallest absolute Gasteiger partial charge is 0.230 e. The molecule has 1 aromatic heterocycles. The van der Waals surface area contributed by atoms with Crippen molar-refractivity contribution in [2.45, 2.75) is 0 Å². The summed E-state index contributed by atoms with van der Waals surface area (Å²) >= 11 is 5.86. The van der Waals surface area contributed by atoms with Crippen LogP contribution in [0.15, 0.2) is 53.1 Å². The molecule has 0 aliphatic heterocycles. The molecule has 0 spiro atoms. The fourth-order valence-corrected chi connectivity index (χ4v) is 2.16. The Morgan fingerprint density at radius 2 is 1.80 bits per heavy atom. The molecule has 0 amide bonds. The minimum atomic E-state index is -0.342. The number of benzene rings is 2. The molecule has 0 saturated carbocycles. The van der Waals surface area contributed by atoms with Crippen molar-refractivity contribution in [3.63, 3.8) is 0 Å². The van der Waals surface area contributed by atoms with E-state index >= 15 is 0 Å². The van der Waals surface area contributed by atoms with E-state index in [0.29, 0.717) is 21.8 Å². The molecule has 0 radical (unpaired) electrons. The Hall–Kier alpha value is -2.33. The summed E-state index contributed by atoms with van der Waals surface area (Å²) in [4.78, 5) is 0. The summed E-state index contributed by atoms with van der Waals surface area (Å²) in [7, 11) is 0. The molecule has 5 heteroatoms. The zero-order valence-electron chi connectivity index (χ0n) is 10.3. The van der Waals surface area contributed by atoms with Crippen molar-refractivity contribution in [3.8, 4) is 22.4 Å². The largest absolute Gasteiger partial charge is 0.367 e. The first kappa shape index (κ1) is 12.7. The molecule has 2 aromatic carbocycles. The first-order chi connectivity index (χ1) is 9.65. The van der Waals surface area contributed by atoms with E-state index in [4.69, 9.17) is 21.9 Å². The maximum atomic E-state index is 13.4. The maximum Gasteiger partial charge on any atom is 0.230 e. The van der Waals surface area contributed by atoms with E-state index in [-0.39, 0.29) is 11.7 Å². The van der Waals surface area contributed by atoms with Crippen LogP contribution >= 0.6 is 11.6 Å². The van der Waals surface area contributed by atoms with Gasteiger partial charge >= 0.3 is 0 Å². The monoisotopic (exact) mass is 288 g/mol. The van der Waals surface area contributed by atoms with Gasteiger partial charge in [0.2, 0.25) is 5.88 Å². The lowest BCUT2D eigenvalue weighted by Gasteiger charge is -2.03. The predicted molar refractivity (Wildman–Crippen MR) is 76.8 cm³/mol. The van der Waals surface area contributed by atoms with Gasteiger partial charge in [0.15, 0.2) is 0 Å². The Bertz CT molecular complexity index is 753. The number of hydrogen-bond donors (Lipinski definition) is 1. The van der Waals surface area contributed by atoms with Crippen molar-refractivity contribution >= 4 is 17.5 Å². The van der Waals surface area contributed by atoms with E-state index in [2.05, 4.69) is 5.16 Å². The highest BCUT2D eigenvalue weighted by molar-refractivity contribution is 6.30. The Balaban J connectivity index is 2.17. The van der Waals surface area contributed by atoms with Gasteiger partial charge in [0.25, 0.3) is 0 Å². The van der Waals surface area contributed by atoms with Gasteiger partial charge in [-0.2, -0.15) is 0 Å². The van der Waals surface area contributed by atoms with Crippen LogP contribution in [0.2, 0.25) is 5.02 Å². The topological polar surface area (TPSA) is 52.0 Å². The SMILES string of the molecule is Nc1onc(-c2ccc(Cl)cc2)c1-c1cccc(F)c1. The van der Waals surface area contributed by atoms with Gasteiger partial charge in [-0.15, -0.1) is 0 Å². The van der Waals surface area contributed by atoms with Crippen LogP contribution in [-0.2, 0) is 0 Å². The number of anilines is 1. The lowest BCUT2D eigenvalue weighted by molar-refractivity contribution is 0.439. The second-order valence-electron chi connectivity index (χ2n) is 4.29. The summed E-state index contributed by atoms with van der Waals surface area (Å²) in [5, 5.41) is 4.58. The fourth-order valence-electron chi connectivity index (χ4n) is 2.03. The first-order valence-corrected chi connectivity index (χ1v) is 6.30. The van der Waals surface area contributed by atoms with Gasteiger partial charge in [-0.05, 0) is 29.8 Å². The molecule has 0 bridgehead atoms. The quantitative estimate of drug-likeness (QED) is 0.761. The molecule has 3 rings (SSSR count). The third-order valence-corrected chi connectivity index (χ3v) is 3.20. The molecule has 3 aromatic rings. The highest BCUT2D eigenvalue weighted by Gasteiger charge is 2.17. The number of halogens is 2. The number of nitrogens with zero attached hydrogens (tertiary/aromatic N) is 1. The molecule has 0 aliphatic carbocycles. The highest BCUT2D eigenvalue weighted by atomic mass is 35.5. The average molecular weight is 289 g/mol. The van der Waals surface area contributed by atoms with Crippen LogP contribution in [0.5, 0.6) is 0 Å². The van der Waals surface area contributed by atoms with Crippen molar-refractivity contribution in [2.24, 2.45) is 0 Å². The van der Waals surface area contributed by atoms with Crippen LogP contribution in [0.25, 0.3) is 22.4 Å². The van der Waals surface area contributed by atoms with Crippen molar-refractivity contribution in [2.75, 3.05) is 5.73 Å². The Morgan fingerprint density at radius 3 is 2.50 bits per heavy atom. The molecule has 100 valence electrons. The van der Waals surface area contributed by atoms with Crippen LogP contribution in [0.4, 0.5) is 10.3 Å². The molecule has 3 nitrogen and oxygen atoms in total.